The Morgan fingerprint density at radius 3 is 2.65 bits per heavy atom. The van der Waals surface area contributed by atoms with Crippen molar-refractivity contribution < 1.29 is 4.74 Å². The summed E-state index contributed by atoms with van der Waals surface area (Å²) in [5, 5.41) is 6.70. The SMILES string of the molecule is CCCOc1ccc(-c2n[nH]c(=S)n2N)cc1. The lowest BCUT2D eigenvalue weighted by Gasteiger charge is -2.05. The summed E-state index contributed by atoms with van der Waals surface area (Å²) >= 11 is 4.95. The second-order valence-corrected chi connectivity index (χ2v) is 3.98. The lowest BCUT2D eigenvalue weighted by molar-refractivity contribution is 0.317. The molecule has 0 spiro atoms. The Kier molecular flexibility index (Phi) is 3.43. The van der Waals surface area contributed by atoms with Crippen LogP contribution < -0.4 is 10.6 Å². The van der Waals surface area contributed by atoms with Gasteiger partial charge in [-0.05, 0) is 42.9 Å². The van der Waals surface area contributed by atoms with Crippen LogP contribution in [0.4, 0.5) is 0 Å². The maximum Gasteiger partial charge on any atom is 0.214 e. The number of aromatic amines is 1. The molecule has 0 amide bonds. The number of nitrogens with one attached hydrogen (secondary N) is 1. The second-order valence-electron chi connectivity index (χ2n) is 3.60. The van der Waals surface area contributed by atoms with Crippen molar-refractivity contribution in [1.82, 2.24) is 14.9 Å². The minimum absolute atomic E-state index is 0.395. The Labute approximate surface area is 104 Å². The Morgan fingerprint density at radius 1 is 1.41 bits per heavy atom. The van der Waals surface area contributed by atoms with Crippen molar-refractivity contribution in [2.45, 2.75) is 13.3 Å². The summed E-state index contributed by atoms with van der Waals surface area (Å²) in [7, 11) is 0. The van der Waals surface area contributed by atoms with Crippen molar-refractivity contribution in [3.05, 3.63) is 29.0 Å². The fraction of sp³-hybridized carbons (Fsp3) is 0.273. The van der Waals surface area contributed by atoms with Gasteiger partial charge in [0.1, 0.15) is 5.75 Å². The molecule has 1 aromatic heterocycles. The van der Waals surface area contributed by atoms with Crippen LogP contribution in [0.25, 0.3) is 11.4 Å². The van der Waals surface area contributed by atoms with Gasteiger partial charge in [-0.15, -0.1) is 0 Å². The van der Waals surface area contributed by atoms with E-state index in [1.54, 1.807) is 0 Å². The zero-order valence-electron chi connectivity index (χ0n) is 9.51. The summed E-state index contributed by atoms with van der Waals surface area (Å²) < 4.78 is 7.23. The highest BCUT2D eigenvalue weighted by Gasteiger charge is 2.06. The van der Waals surface area contributed by atoms with Crippen LogP contribution in [-0.4, -0.2) is 21.5 Å². The predicted molar refractivity (Wildman–Crippen MR) is 68.8 cm³/mol. The molecule has 0 unspecified atom stereocenters. The summed E-state index contributed by atoms with van der Waals surface area (Å²) in [4.78, 5) is 0. The molecular weight excluding hydrogens is 236 g/mol. The van der Waals surface area contributed by atoms with E-state index in [4.69, 9.17) is 22.8 Å². The van der Waals surface area contributed by atoms with E-state index in [2.05, 4.69) is 17.1 Å². The largest absolute Gasteiger partial charge is 0.494 e. The number of hydrogen-bond acceptors (Lipinski definition) is 4. The van der Waals surface area contributed by atoms with E-state index in [9.17, 15) is 0 Å². The molecule has 1 heterocycles. The van der Waals surface area contributed by atoms with Crippen molar-refractivity contribution in [2.24, 2.45) is 0 Å². The average molecular weight is 250 g/mol. The lowest BCUT2D eigenvalue weighted by Crippen LogP contribution is -2.09. The van der Waals surface area contributed by atoms with Crippen LogP contribution >= 0.6 is 12.2 Å². The highest BCUT2D eigenvalue weighted by Crippen LogP contribution is 2.19. The fourth-order valence-corrected chi connectivity index (χ4v) is 1.56. The third-order valence-corrected chi connectivity index (χ3v) is 2.58. The molecular formula is C11H14N4OS. The quantitative estimate of drug-likeness (QED) is 0.644. The first-order chi connectivity index (χ1) is 8.22. The minimum atomic E-state index is 0.395. The van der Waals surface area contributed by atoms with Gasteiger partial charge < -0.3 is 10.6 Å². The van der Waals surface area contributed by atoms with Crippen molar-refractivity contribution in [1.29, 1.82) is 0 Å². The van der Waals surface area contributed by atoms with Crippen LogP contribution in [0.15, 0.2) is 24.3 Å². The number of nitrogen functional groups attached to an aromatic ring is 1. The summed E-state index contributed by atoms with van der Waals surface area (Å²) in [6.45, 7) is 2.79. The van der Waals surface area contributed by atoms with E-state index >= 15 is 0 Å². The topological polar surface area (TPSA) is 68.9 Å². The second kappa shape index (κ2) is 5.01. The molecule has 2 aromatic rings. The summed E-state index contributed by atoms with van der Waals surface area (Å²) in [5.41, 5.74) is 0.892. The first kappa shape index (κ1) is 11.7. The van der Waals surface area contributed by atoms with Gasteiger partial charge in [0.25, 0.3) is 0 Å². The molecule has 3 N–H and O–H groups in total. The molecule has 0 aliphatic heterocycles. The summed E-state index contributed by atoms with van der Waals surface area (Å²) in [6, 6.07) is 7.59. The third kappa shape index (κ3) is 2.47. The van der Waals surface area contributed by atoms with Crippen LogP contribution in [0, 0.1) is 4.77 Å². The number of hydrogen-bond donors (Lipinski definition) is 2. The van der Waals surface area contributed by atoms with Crippen molar-refractivity contribution in [3.63, 3.8) is 0 Å². The molecule has 0 fully saturated rings. The molecule has 1 aromatic carbocycles. The van der Waals surface area contributed by atoms with Crippen molar-refractivity contribution >= 4 is 12.2 Å². The highest BCUT2D eigenvalue weighted by molar-refractivity contribution is 7.71. The highest BCUT2D eigenvalue weighted by atomic mass is 32.1. The molecule has 6 heteroatoms. The average Bonchev–Trinajstić information content (AvgIpc) is 2.68. The fourth-order valence-electron chi connectivity index (χ4n) is 1.43. The lowest BCUT2D eigenvalue weighted by atomic mass is 10.2. The number of benzene rings is 1. The monoisotopic (exact) mass is 250 g/mol. The normalized spacial score (nSPS) is 10.4. The molecule has 0 aliphatic carbocycles. The number of rotatable bonds is 4. The zero-order valence-corrected chi connectivity index (χ0v) is 10.3. The number of ether oxygens (including phenoxy) is 1. The van der Waals surface area contributed by atoms with Crippen LogP contribution in [-0.2, 0) is 0 Å². The molecule has 0 saturated carbocycles. The Hall–Kier alpha value is -1.82. The van der Waals surface area contributed by atoms with E-state index in [0.717, 1.165) is 24.3 Å². The number of nitrogens with two attached hydrogens (primary N) is 1. The predicted octanol–water partition coefficient (Wildman–Crippen LogP) is 2.11. The van der Waals surface area contributed by atoms with Crippen LogP contribution in [0.5, 0.6) is 5.75 Å². The van der Waals surface area contributed by atoms with Crippen LogP contribution in [0.1, 0.15) is 13.3 Å². The first-order valence-electron chi connectivity index (χ1n) is 5.38. The maximum atomic E-state index is 5.74. The van der Waals surface area contributed by atoms with Gasteiger partial charge in [0.05, 0.1) is 6.61 Å². The number of nitrogens with zero attached hydrogens (tertiary/aromatic N) is 2. The third-order valence-electron chi connectivity index (χ3n) is 2.29. The van der Waals surface area contributed by atoms with Gasteiger partial charge in [0, 0.05) is 5.56 Å². The molecule has 0 aliphatic rings. The van der Waals surface area contributed by atoms with Gasteiger partial charge in [-0.3, -0.25) is 0 Å². The summed E-state index contributed by atoms with van der Waals surface area (Å²) in [5.74, 6) is 7.19. The van der Waals surface area contributed by atoms with Crippen LogP contribution in [0.2, 0.25) is 0 Å². The molecule has 0 bridgehead atoms. The van der Waals surface area contributed by atoms with Gasteiger partial charge in [0.15, 0.2) is 5.82 Å². The van der Waals surface area contributed by atoms with Gasteiger partial charge >= 0.3 is 0 Å². The van der Waals surface area contributed by atoms with E-state index in [-0.39, 0.29) is 0 Å². The van der Waals surface area contributed by atoms with E-state index in [1.165, 1.54) is 4.68 Å². The van der Waals surface area contributed by atoms with Gasteiger partial charge in [-0.1, -0.05) is 6.92 Å². The smallest absolute Gasteiger partial charge is 0.214 e. The number of aromatic nitrogens is 3. The van der Waals surface area contributed by atoms with Gasteiger partial charge in [0.2, 0.25) is 4.77 Å². The van der Waals surface area contributed by atoms with Crippen molar-refractivity contribution in [3.8, 4) is 17.1 Å². The van der Waals surface area contributed by atoms with E-state index in [1.807, 2.05) is 24.3 Å². The Morgan fingerprint density at radius 2 is 2.12 bits per heavy atom. The Balaban J connectivity index is 2.23. The van der Waals surface area contributed by atoms with Crippen LogP contribution in [0.3, 0.4) is 0 Å². The van der Waals surface area contributed by atoms with Crippen molar-refractivity contribution in [2.75, 3.05) is 12.4 Å². The minimum Gasteiger partial charge on any atom is -0.494 e. The van der Waals surface area contributed by atoms with Gasteiger partial charge in [-0.2, -0.15) is 5.10 Å². The molecule has 5 nitrogen and oxygen atoms in total. The molecule has 0 radical (unpaired) electrons. The maximum absolute atomic E-state index is 5.74. The van der Waals surface area contributed by atoms with E-state index < -0.39 is 0 Å². The summed E-state index contributed by atoms with van der Waals surface area (Å²) in [6.07, 6.45) is 0.989. The van der Waals surface area contributed by atoms with E-state index in [0.29, 0.717) is 10.6 Å². The molecule has 0 saturated heterocycles. The first-order valence-corrected chi connectivity index (χ1v) is 5.79. The standard InChI is InChI=1S/C11H14N4OS/c1-2-7-16-9-5-3-8(4-6-9)10-13-14-11(17)15(10)12/h3-6H,2,7,12H2,1H3,(H,14,17). The Bertz CT molecular complexity index is 543. The molecule has 90 valence electrons. The molecule has 17 heavy (non-hydrogen) atoms. The number of H-pyrrole nitrogens is 1. The molecule has 0 atom stereocenters. The van der Waals surface area contributed by atoms with Gasteiger partial charge in [-0.25, -0.2) is 9.77 Å². The zero-order chi connectivity index (χ0) is 12.3. The molecule has 2 rings (SSSR count).